The molecule has 0 bridgehead atoms. The fourth-order valence-electron chi connectivity index (χ4n) is 1.45. The standard InChI is InChI=1S/C11H8Br3NO/c12-6-1-2-9(13)8(5-6)10(15)7-3-4-16-11(7)14/h1-5,10H,15H2. The summed E-state index contributed by atoms with van der Waals surface area (Å²) < 4.78 is 7.84. The maximum Gasteiger partial charge on any atom is 0.174 e. The number of hydrogen-bond donors (Lipinski definition) is 1. The lowest BCUT2D eigenvalue weighted by Crippen LogP contribution is -2.12. The summed E-state index contributed by atoms with van der Waals surface area (Å²) in [4.78, 5) is 0. The van der Waals surface area contributed by atoms with E-state index in [1.165, 1.54) is 0 Å². The molecule has 1 aromatic carbocycles. The van der Waals surface area contributed by atoms with Crippen molar-refractivity contribution in [2.75, 3.05) is 0 Å². The number of benzene rings is 1. The van der Waals surface area contributed by atoms with Crippen molar-refractivity contribution in [2.24, 2.45) is 5.73 Å². The highest BCUT2D eigenvalue weighted by Crippen LogP contribution is 2.33. The van der Waals surface area contributed by atoms with Gasteiger partial charge in [-0.1, -0.05) is 31.9 Å². The molecule has 2 N–H and O–H groups in total. The van der Waals surface area contributed by atoms with Crippen LogP contribution in [0.2, 0.25) is 0 Å². The molecule has 1 aromatic heterocycles. The third-order valence-electron chi connectivity index (χ3n) is 2.27. The predicted molar refractivity (Wildman–Crippen MR) is 74.3 cm³/mol. The average Bonchev–Trinajstić information content (AvgIpc) is 2.67. The summed E-state index contributed by atoms with van der Waals surface area (Å²) in [6, 6.07) is 7.56. The Labute approximate surface area is 119 Å². The first-order chi connectivity index (χ1) is 7.59. The van der Waals surface area contributed by atoms with Gasteiger partial charge in [-0.15, -0.1) is 0 Å². The summed E-state index contributed by atoms with van der Waals surface area (Å²) in [7, 11) is 0. The van der Waals surface area contributed by atoms with Crippen molar-refractivity contribution in [1.29, 1.82) is 0 Å². The van der Waals surface area contributed by atoms with Crippen molar-refractivity contribution in [3.63, 3.8) is 0 Å². The van der Waals surface area contributed by atoms with E-state index >= 15 is 0 Å². The number of nitrogens with two attached hydrogens (primary N) is 1. The Balaban J connectivity index is 2.45. The predicted octanol–water partition coefficient (Wildman–Crippen LogP) is 4.62. The first-order valence-electron chi connectivity index (χ1n) is 4.53. The largest absolute Gasteiger partial charge is 0.457 e. The van der Waals surface area contributed by atoms with E-state index in [-0.39, 0.29) is 6.04 Å². The summed E-state index contributed by atoms with van der Waals surface area (Å²) in [5.74, 6) is 0. The molecule has 2 rings (SSSR count). The van der Waals surface area contributed by atoms with Crippen LogP contribution in [0.15, 0.2) is 48.6 Å². The minimum Gasteiger partial charge on any atom is -0.457 e. The normalized spacial score (nSPS) is 12.8. The fourth-order valence-corrected chi connectivity index (χ4v) is 2.81. The van der Waals surface area contributed by atoms with Crippen LogP contribution < -0.4 is 5.73 Å². The van der Waals surface area contributed by atoms with E-state index in [9.17, 15) is 0 Å². The molecule has 1 unspecified atom stereocenters. The smallest absolute Gasteiger partial charge is 0.174 e. The van der Waals surface area contributed by atoms with E-state index < -0.39 is 0 Å². The van der Waals surface area contributed by atoms with Gasteiger partial charge in [-0.2, -0.15) is 0 Å². The van der Waals surface area contributed by atoms with Gasteiger partial charge in [0, 0.05) is 14.5 Å². The van der Waals surface area contributed by atoms with Gasteiger partial charge in [0.15, 0.2) is 4.67 Å². The molecule has 0 saturated heterocycles. The van der Waals surface area contributed by atoms with Crippen molar-refractivity contribution in [3.05, 3.63) is 55.3 Å². The molecule has 0 radical (unpaired) electrons. The molecule has 0 aliphatic rings. The van der Waals surface area contributed by atoms with Crippen LogP contribution >= 0.6 is 47.8 Å². The Kier molecular flexibility index (Phi) is 3.89. The van der Waals surface area contributed by atoms with Crippen LogP contribution in [0.25, 0.3) is 0 Å². The molecule has 16 heavy (non-hydrogen) atoms. The van der Waals surface area contributed by atoms with Crippen LogP contribution in [0.3, 0.4) is 0 Å². The van der Waals surface area contributed by atoms with Crippen molar-refractivity contribution < 1.29 is 4.42 Å². The zero-order valence-corrected chi connectivity index (χ0v) is 12.8. The summed E-state index contributed by atoms with van der Waals surface area (Å²) in [6.07, 6.45) is 1.62. The monoisotopic (exact) mass is 407 g/mol. The number of furan rings is 1. The summed E-state index contributed by atoms with van der Waals surface area (Å²) in [5.41, 5.74) is 8.13. The zero-order valence-electron chi connectivity index (χ0n) is 8.08. The van der Waals surface area contributed by atoms with Crippen LogP contribution in [0.4, 0.5) is 0 Å². The molecule has 2 nitrogen and oxygen atoms in total. The van der Waals surface area contributed by atoms with Crippen LogP contribution in [0, 0.1) is 0 Å². The number of rotatable bonds is 2. The Morgan fingerprint density at radius 2 is 1.81 bits per heavy atom. The molecule has 0 fully saturated rings. The summed E-state index contributed by atoms with van der Waals surface area (Å²) in [6.45, 7) is 0. The van der Waals surface area contributed by atoms with E-state index in [0.29, 0.717) is 4.67 Å². The van der Waals surface area contributed by atoms with Gasteiger partial charge in [-0.25, -0.2) is 0 Å². The van der Waals surface area contributed by atoms with Crippen LogP contribution in [-0.2, 0) is 0 Å². The molecule has 0 aliphatic heterocycles. The van der Waals surface area contributed by atoms with Crippen LogP contribution in [-0.4, -0.2) is 0 Å². The molecule has 2 aromatic rings. The molecule has 84 valence electrons. The lowest BCUT2D eigenvalue weighted by atomic mass is 10.0. The van der Waals surface area contributed by atoms with Gasteiger partial charge < -0.3 is 10.2 Å². The highest BCUT2D eigenvalue weighted by molar-refractivity contribution is 9.11. The molecule has 0 saturated carbocycles. The molecule has 0 spiro atoms. The van der Waals surface area contributed by atoms with Crippen LogP contribution in [0.1, 0.15) is 17.2 Å². The molecule has 0 aliphatic carbocycles. The molecule has 5 heteroatoms. The van der Waals surface area contributed by atoms with Crippen molar-refractivity contribution >= 4 is 47.8 Å². The SMILES string of the molecule is NC(c1cc(Br)ccc1Br)c1ccoc1Br. The second-order valence-corrected chi connectivity index (χ2v) is 5.78. The van der Waals surface area contributed by atoms with Gasteiger partial charge >= 0.3 is 0 Å². The summed E-state index contributed by atoms with van der Waals surface area (Å²) in [5, 5.41) is 0. The maximum atomic E-state index is 6.19. The van der Waals surface area contributed by atoms with E-state index in [0.717, 1.165) is 20.1 Å². The second-order valence-electron chi connectivity index (χ2n) is 3.29. The molecular formula is C11H8Br3NO. The highest BCUT2D eigenvalue weighted by atomic mass is 79.9. The van der Waals surface area contributed by atoms with Crippen LogP contribution in [0.5, 0.6) is 0 Å². The average molecular weight is 410 g/mol. The fraction of sp³-hybridized carbons (Fsp3) is 0.0909. The van der Waals surface area contributed by atoms with E-state index in [2.05, 4.69) is 47.8 Å². The first-order valence-corrected chi connectivity index (χ1v) is 6.91. The lowest BCUT2D eigenvalue weighted by Gasteiger charge is -2.13. The third-order valence-corrected chi connectivity index (χ3v) is 4.13. The molecule has 0 amide bonds. The minimum absolute atomic E-state index is 0.222. The molecule has 1 heterocycles. The van der Waals surface area contributed by atoms with Gasteiger partial charge in [0.1, 0.15) is 0 Å². The highest BCUT2D eigenvalue weighted by Gasteiger charge is 2.17. The minimum atomic E-state index is -0.222. The number of hydrogen-bond acceptors (Lipinski definition) is 2. The van der Waals surface area contributed by atoms with Crippen molar-refractivity contribution in [1.82, 2.24) is 0 Å². The lowest BCUT2D eigenvalue weighted by molar-refractivity contribution is 0.534. The van der Waals surface area contributed by atoms with E-state index in [1.807, 2.05) is 24.3 Å². The topological polar surface area (TPSA) is 39.2 Å². The zero-order chi connectivity index (χ0) is 11.7. The molecular weight excluding hydrogens is 402 g/mol. The molecule has 1 atom stereocenters. The number of halogens is 3. The van der Waals surface area contributed by atoms with Crippen molar-refractivity contribution in [3.8, 4) is 0 Å². The second kappa shape index (κ2) is 5.04. The third kappa shape index (κ3) is 2.42. The van der Waals surface area contributed by atoms with Gasteiger partial charge in [0.05, 0.1) is 12.3 Å². The Morgan fingerprint density at radius 3 is 2.44 bits per heavy atom. The van der Waals surface area contributed by atoms with Gasteiger partial charge in [-0.05, 0) is 45.8 Å². The Morgan fingerprint density at radius 1 is 1.06 bits per heavy atom. The first kappa shape index (κ1) is 12.4. The van der Waals surface area contributed by atoms with E-state index in [1.54, 1.807) is 6.26 Å². The van der Waals surface area contributed by atoms with Gasteiger partial charge in [-0.3, -0.25) is 0 Å². The van der Waals surface area contributed by atoms with Gasteiger partial charge in [0.25, 0.3) is 0 Å². The maximum absolute atomic E-state index is 6.19. The Hall–Kier alpha value is -0.100. The Bertz CT molecular complexity index is 510. The van der Waals surface area contributed by atoms with E-state index in [4.69, 9.17) is 10.2 Å². The van der Waals surface area contributed by atoms with Crippen molar-refractivity contribution in [2.45, 2.75) is 6.04 Å². The quantitative estimate of drug-likeness (QED) is 0.786. The summed E-state index contributed by atoms with van der Waals surface area (Å²) >= 11 is 10.3. The van der Waals surface area contributed by atoms with Gasteiger partial charge in [0.2, 0.25) is 0 Å².